The van der Waals surface area contributed by atoms with Gasteiger partial charge in [-0.1, -0.05) is 19.8 Å². The fourth-order valence-corrected chi connectivity index (χ4v) is 1.32. The summed E-state index contributed by atoms with van der Waals surface area (Å²) >= 11 is 0. The van der Waals surface area contributed by atoms with E-state index in [-0.39, 0.29) is 24.0 Å². The van der Waals surface area contributed by atoms with Gasteiger partial charge in [-0.05, 0) is 6.42 Å². The predicted octanol–water partition coefficient (Wildman–Crippen LogP) is -0.540. The first-order valence-corrected chi connectivity index (χ1v) is 4.78. The third kappa shape index (κ3) is 4.64. The molecule has 0 unspecified atom stereocenters. The van der Waals surface area contributed by atoms with Crippen molar-refractivity contribution in [3.05, 3.63) is 18.4 Å². The van der Waals surface area contributed by atoms with Crippen LogP contribution in [0.4, 0.5) is 0 Å². The van der Waals surface area contributed by atoms with Crippen LogP contribution >= 0.6 is 0 Å². The van der Waals surface area contributed by atoms with Crippen LogP contribution in [-0.4, -0.2) is 0 Å². The number of aromatic nitrogens is 1. The summed E-state index contributed by atoms with van der Waals surface area (Å²) in [6.45, 7) is 5.33. The van der Waals surface area contributed by atoms with Crippen LogP contribution in [0.3, 0.4) is 0 Å². The van der Waals surface area contributed by atoms with Crippen LogP contribution in [0, 0.1) is 6.92 Å². The zero-order valence-electron chi connectivity index (χ0n) is 8.42. The minimum atomic E-state index is 0. The van der Waals surface area contributed by atoms with Gasteiger partial charge in [0, 0.05) is 6.42 Å². The van der Waals surface area contributed by atoms with Crippen molar-refractivity contribution in [1.29, 1.82) is 0 Å². The van der Waals surface area contributed by atoms with Gasteiger partial charge in [0.05, 0.1) is 6.92 Å². The number of rotatable bonds is 5. The molecule has 1 heterocycles. The van der Waals surface area contributed by atoms with Gasteiger partial charge >= 0.3 is 5.89 Å². The number of aryl methyl sites for hydroxylation is 2. The van der Waals surface area contributed by atoms with E-state index in [4.69, 9.17) is 4.42 Å². The molecular weight excluding hydrogens is 277 g/mol. The van der Waals surface area contributed by atoms with Gasteiger partial charge in [-0.15, -0.1) is 0 Å². The molecule has 1 aromatic rings. The van der Waals surface area contributed by atoms with Gasteiger partial charge in [-0.3, -0.25) is 0 Å². The van der Waals surface area contributed by atoms with Crippen molar-refractivity contribution in [1.82, 2.24) is 0 Å². The Morgan fingerprint density at radius 3 is 2.62 bits per heavy atom. The van der Waals surface area contributed by atoms with Crippen LogP contribution in [0.15, 0.2) is 16.9 Å². The Balaban J connectivity index is 0.00000144. The molecule has 0 saturated carbocycles. The number of halogens is 1. The molecule has 0 amide bonds. The Hall–Kier alpha value is -0.0600. The first kappa shape index (κ1) is 12.9. The van der Waals surface area contributed by atoms with E-state index in [1.54, 1.807) is 6.26 Å². The topological polar surface area (TPSA) is 17.0 Å². The highest BCUT2D eigenvalue weighted by Gasteiger charge is 2.06. The third-order valence-electron chi connectivity index (χ3n) is 2.14. The lowest BCUT2D eigenvalue weighted by molar-refractivity contribution is -0.706. The fourth-order valence-electron chi connectivity index (χ4n) is 1.32. The fraction of sp³-hybridized carbons (Fsp3) is 0.700. The Bertz CT molecular complexity index is 222. The monoisotopic (exact) mass is 295 g/mol. The molecule has 0 spiro atoms. The van der Waals surface area contributed by atoms with Gasteiger partial charge in [0.1, 0.15) is 0 Å². The molecule has 0 radical (unpaired) electrons. The Morgan fingerprint density at radius 2 is 2.08 bits per heavy atom. The van der Waals surface area contributed by atoms with Crippen molar-refractivity contribution >= 4 is 0 Å². The highest BCUT2D eigenvalue weighted by atomic mass is 127. The molecule has 0 saturated heterocycles. The normalized spacial score (nSPS) is 9.69. The van der Waals surface area contributed by atoms with Gasteiger partial charge in [0.2, 0.25) is 6.20 Å². The number of hydrogen-bond donors (Lipinski definition) is 0. The van der Waals surface area contributed by atoms with Crippen molar-refractivity contribution in [2.45, 2.75) is 46.1 Å². The zero-order chi connectivity index (χ0) is 8.81. The molecule has 13 heavy (non-hydrogen) atoms. The van der Waals surface area contributed by atoms with Crippen LogP contribution in [0.5, 0.6) is 0 Å². The lowest BCUT2D eigenvalue weighted by Gasteiger charge is -1.94. The van der Waals surface area contributed by atoms with E-state index in [2.05, 4.69) is 11.5 Å². The van der Waals surface area contributed by atoms with E-state index in [0.29, 0.717) is 0 Å². The Kier molecular flexibility index (Phi) is 7.32. The van der Waals surface area contributed by atoms with Crippen LogP contribution < -0.4 is 28.5 Å². The van der Waals surface area contributed by atoms with Gasteiger partial charge in [-0.25, -0.2) is 0 Å². The lowest BCUT2D eigenvalue weighted by Crippen LogP contribution is -3.00. The van der Waals surface area contributed by atoms with Crippen LogP contribution in [0.25, 0.3) is 0 Å². The van der Waals surface area contributed by atoms with E-state index >= 15 is 0 Å². The van der Waals surface area contributed by atoms with Crippen molar-refractivity contribution in [2.75, 3.05) is 0 Å². The summed E-state index contributed by atoms with van der Waals surface area (Å²) in [7, 11) is 0. The average Bonchev–Trinajstić information content (AvgIpc) is 2.46. The van der Waals surface area contributed by atoms with E-state index in [0.717, 1.165) is 12.4 Å². The number of unbranched alkanes of at least 4 members (excludes halogenated alkanes) is 3. The van der Waals surface area contributed by atoms with E-state index in [1.165, 1.54) is 25.7 Å². The maximum absolute atomic E-state index is 5.18. The summed E-state index contributed by atoms with van der Waals surface area (Å²) in [6.07, 6.45) is 8.98. The van der Waals surface area contributed by atoms with Crippen LogP contribution in [0.1, 0.15) is 38.5 Å². The van der Waals surface area contributed by atoms with E-state index in [1.807, 2.05) is 13.1 Å². The average molecular weight is 295 g/mol. The van der Waals surface area contributed by atoms with Crippen molar-refractivity contribution < 1.29 is 33.0 Å². The highest BCUT2D eigenvalue weighted by Crippen LogP contribution is 1.99. The van der Waals surface area contributed by atoms with Gasteiger partial charge < -0.3 is 28.4 Å². The van der Waals surface area contributed by atoms with Crippen molar-refractivity contribution in [2.24, 2.45) is 0 Å². The quantitative estimate of drug-likeness (QED) is 0.405. The number of oxazole rings is 1. The Morgan fingerprint density at radius 1 is 1.31 bits per heavy atom. The van der Waals surface area contributed by atoms with E-state index < -0.39 is 0 Å². The summed E-state index contributed by atoms with van der Waals surface area (Å²) in [5.74, 6) is 1.01. The maximum Gasteiger partial charge on any atom is 0.343 e. The molecule has 2 nitrogen and oxygen atoms in total. The summed E-state index contributed by atoms with van der Waals surface area (Å²) in [5, 5.41) is 0. The molecule has 0 N–H and O–H groups in total. The molecule has 0 aliphatic rings. The molecule has 1 rings (SSSR count). The lowest BCUT2D eigenvalue weighted by atomic mass is 10.2. The molecule has 0 bridgehead atoms. The molecule has 1 aromatic heterocycles. The van der Waals surface area contributed by atoms with Crippen LogP contribution in [0.2, 0.25) is 0 Å². The summed E-state index contributed by atoms with van der Waals surface area (Å²) in [5.41, 5.74) is 0. The highest BCUT2D eigenvalue weighted by molar-refractivity contribution is 4.60. The smallest absolute Gasteiger partial charge is 0.343 e. The van der Waals surface area contributed by atoms with Crippen molar-refractivity contribution in [3.63, 3.8) is 0 Å². The van der Waals surface area contributed by atoms with Gasteiger partial charge in [-0.2, -0.15) is 4.57 Å². The first-order chi connectivity index (χ1) is 5.84. The number of nitrogens with zero attached hydrogens (tertiary/aromatic N) is 1. The number of hydrogen-bond acceptors (Lipinski definition) is 1. The second-order valence-corrected chi connectivity index (χ2v) is 3.18. The molecule has 76 valence electrons. The largest absolute Gasteiger partial charge is 1.00 e. The molecule has 3 heteroatoms. The maximum atomic E-state index is 5.18. The minimum absolute atomic E-state index is 0. The Labute approximate surface area is 97.4 Å². The van der Waals surface area contributed by atoms with Gasteiger partial charge in [0.15, 0.2) is 12.8 Å². The molecule has 0 fully saturated rings. The summed E-state index contributed by atoms with van der Waals surface area (Å²) < 4.78 is 7.35. The van der Waals surface area contributed by atoms with Gasteiger partial charge in [0.25, 0.3) is 0 Å². The SMILES string of the molecule is CCCCCC[n+]1ccoc1C.[I-]. The summed E-state index contributed by atoms with van der Waals surface area (Å²) in [4.78, 5) is 0. The molecule has 0 atom stereocenters. The first-order valence-electron chi connectivity index (χ1n) is 4.78. The molecule has 0 aromatic carbocycles. The summed E-state index contributed by atoms with van der Waals surface area (Å²) in [6, 6.07) is 0. The van der Waals surface area contributed by atoms with Crippen molar-refractivity contribution in [3.8, 4) is 0 Å². The molecule has 0 aliphatic heterocycles. The molecular formula is C10H18INO. The van der Waals surface area contributed by atoms with Crippen LogP contribution in [-0.2, 0) is 6.54 Å². The predicted molar refractivity (Wildman–Crippen MR) is 47.8 cm³/mol. The minimum Gasteiger partial charge on any atom is -1.00 e. The third-order valence-corrected chi connectivity index (χ3v) is 2.14. The second-order valence-electron chi connectivity index (χ2n) is 3.18. The van der Waals surface area contributed by atoms with E-state index in [9.17, 15) is 0 Å². The zero-order valence-corrected chi connectivity index (χ0v) is 10.6. The second kappa shape index (κ2) is 7.35. The standard InChI is InChI=1S/C10H18NO.HI/c1-3-4-5-6-7-11-8-9-12-10(11)2;/h8-9H,3-7H2,1-2H3;1H/q+1;/p-1. The molecule has 0 aliphatic carbocycles.